The van der Waals surface area contributed by atoms with Crippen molar-refractivity contribution in [3.8, 4) is 0 Å². The zero-order valence-corrected chi connectivity index (χ0v) is 8.39. The Morgan fingerprint density at radius 1 is 1.73 bits per heavy atom. The second kappa shape index (κ2) is 4.74. The van der Waals surface area contributed by atoms with Crippen molar-refractivity contribution >= 4 is 5.91 Å². The fourth-order valence-electron chi connectivity index (χ4n) is 1.41. The van der Waals surface area contributed by atoms with Crippen LogP contribution in [0.2, 0.25) is 0 Å². The van der Waals surface area contributed by atoms with Crippen LogP contribution in [0.1, 0.15) is 13.3 Å². The van der Waals surface area contributed by atoms with E-state index < -0.39 is 11.5 Å². The molecule has 0 bridgehead atoms. The average molecular weight is 215 g/mol. The van der Waals surface area contributed by atoms with E-state index in [0.29, 0.717) is 13.1 Å². The Morgan fingerprint density at radius 2 is 2.40 bits per heavy atom. The fourth-order valence-corrected chi connectivity index (χ4v) is 1.41. The van der Waals surface area contributed by atoms with Crippen molar-refractivity contribution in [1.82, 2.24) is 10.2 Å². The van der Waals surface area contributed by atoms with E-state index in [0.717, 1.165) is 0 Å². The molecule has 7 nitrogen and oxygen atoms in total. The number of nitrogens with one attached hydrogen (secondary N) is 1. The van der Waals surface area contributed by atoms with E-state index in [1.807, 2.05) is 0 Å². The number of nitro groups is 1. The molecule has 84 valence electrons. The van der Waals surface area contributed by atoms with Crippen LogP contribution in [0.5, 0.6) is 0 Å². The van der Waals surface area contributed by atoms with Crippen LogP contribution in [0.15, 0.2) is 11.5 Å². The van der Waals surface area contributed by atoms with Crippen LogP contribution in [0, 0.1) is 10.1 Å². The van der Waals surface area contributed by atoms with Crippen LogP contribution in [0.25, 0.3) is 0 Å². The Balaban J connectivity index is 3.01. The van der Waals surface area contributed by atoms with Gasteiger partial charge in [-0.1, -0.05) is 6.92 Å². The minimum Gasteiger partial charge on any atom is -0.385 e. The molecule has 1 saturated heterocycles. The number of aliphatic hydroxyl groups is 1. The Hall–Kier alpha value is -1.63. The second-order valence-electron chi connectivity index (χ2n) is 3.04. The molecule has 1 rings (SSSR count). The summed E-state index contributed by atoms with van der Waals surface area (Å²) in [6.45, 7) is 1.86. The molecule has 0 atom stereocenters. The van der Waals surface area contributed by atoms with Gasteiger partial charge in [-0.2, -0.15) is 0 Å². The quantitative estimate of drug-likeness (QED) is 0.478. The summed E-state index contributed by atoms with van der Waals surface area (Å²) in [6.07, 6.45) is 0.279. The largest absolute Gasteiger partial charge is 0.385 e. The lowest BCUT2D eigenvalue weighted by Gasteiger charge is -2.15. The summed E-state index contributed by atoms with van der Waals surface area (Å²) in [5.41, 5.74) is -0.366. The third-order valence-electron chi connectivity index (χ3n) is 2.14. The van der Waals surface area contributed by atoms with E-state index in [-0.39, 0.29) is 23.8 Å². The molecule has 7 heteroatoms. The molecule has 0 aromatic carbocycles. The van der Waals surface area contributed by atoms with Crippen molar-refractivity contribution < 1.29 is 14.8 Å². The Kier molecular flexibility index (Phi) is 3.62. The van der Waals surface area contributed by atoms with Crippen LogP contribution >= 0.6 is 0 Å². The fraction of sp³-hybridized carbons (Fsp3) is 0.625. The third kappa shape index (κ3) is 2.24. The van der Waals surface area contributed by atoms with Crippen molar-refractivity contribution in [3.63, 3.8) is 0 Å². The summed E-state index contributed by atoms with van der Waals surface area (Å²) >= 11 is 0. The molecule has 2 N–H and O–H groups in total. The van der Waals surface area contributed by atoms with Crippen LogP contribution in [0.4, 0.5) is 0 Å². The van der Waals surface area contributed by atoms with Gasteiger partial charge in [-0.3, -0.25) is 19.8 Å². The van der Waals surface area contributed by atoms with Gasteiger partial charge in [-0.15, -0.1) is 0 Å². The van der Waals surface area contributed by atoms with E-state index in [1.54, 1.807) is 6.92 Å². The minimum absolute atomic E-state index is 0.120. The number of amides is 1. The molecule has 0 aromatic heterocycles. The predicted octanol–water partition coefficient (Wildman–Crippen LogP) is -0.734. The topological polar surface area (TPSA) is 95.7 Å². The number of nitrogens with zero attached hydrogens (tertiary/aromatic N) is 2. The first-order chi connectivity index (χ1) is 7.11. The summed E-state index contributed by atoms with van der Waals surface area (Å²) < 4.78 is 0. The first-order valence-corrected chi connectivity index (χ1v) is 4.64. The van der Waals surface area contributed by atoms with Crippen LogP contribution in [-0.2, 0) is 4.79 Å². The van der Waals surface area contributed by atoms with Crippen molar-refractivity contribution in [2.45, 2.75) is 13.3 Å². The van der Waals surface area contributed by atoms with Gasteiger partial charge in [-0.25, -0.2) is 0 Å². The van der Waals surface area contributed by atoms with Gasteiger partial charge < -0.3 is 10.4 Å². The van der Waals surface area contributed by atoms with Gasteiger partial charge in [0.2, 0.25) is 5.91 Å². The van der Waals surface area contributed by atoms with Crippen LogP contribution in [-0.4, -0.2) is 40.5 Å². The van der Waals surface area contributed by atoms with Gasteiger partial charge >= 0.3 is 5.70 Å². The molecule has 15 heavy (non-hydrogen) atoms. The van der Waals surface area contributed by atoms with Gasteiger partial charge in [0.15, 0.2) is 5.82 Å². The van der Waals surface area contributed by atoms with Crippen molar-refractivity contribution in [1.29, 1.82) is 0 Å². The van der Waals surface area contributed by atoms with Gasteiger partial charge in [-0.05, 0) is 0 Å². The highest BCUT2D eigenvalue weighted by atomic mass is 16.6. The number of carbonyl (C=O) groups excluding carboxylic acids is 1. The first-order valence-electron chi connectivity index (χ1n) is 4.64. The molecule has 1 aliphatic rings. The zero-order valence-electron chi connectivity index (χ0n) is 8.39. The monoisotopic (exact) mass is 215 g/mol. The number of rotatable bonds is 3. The number of aliphatic hydroxyl groups excluding tert-OH is 1. The highest BCUT2D eigenvalue weighted by Gasteiger charge is 2.30. The molecule has 1 heterocycles. The molecule has 0 aromatic rings. The minimum atomic E-state index is -0.692. The summed E-state index contributed by atoms with van der Waals surface area (Å²) in [5, 5.41) is 22.2. The Bertz CT molecular complexity index is 313. The average Bonchev–Trinajstić information content (AvgIpc) is 2.66. The third-order valence-corrected chi connectivity index (χ3v) is 2.14. The molecule has 0 aliphatic carbocycles. The number of carbonyl (C=O) groups is 1. The van der Waals surface area contributed by atoms with Gasteiger partial charge in [0, 0.05) is 19.5 Å². The lowest BCUT2D eigenvalue weighted by atomic mass is 10.3. The first kappa shape index (κ1) is 11.4. The van der Waals surface area contributed by atoms with E-state index >= 15 is 0 Å². The molecule has 0 saturated carbocycles. The van der Waals surface area contributed by atoms with E-state index in [9.17, 15) is 14.9 Å². The predicted molar refractivity (Wildman–Crippen MR) is 51.1 cm³/mol. The van der Waals surface area contributed by atoms with Crippen LogP contribution in [0.3, 0.4) is 0 Å². The molecule has 1 aliphatic heterocycles. The number of hydrogen-bond acceptors (Lipinski definition) is 5. The normalized spacial score (nSPS) is 18.7. The summed E-state index contributed by atoms with van der Waals surface area (Å²) in [6, 6.07) is 0. The maximum absolute atomic E-state index is 11.4. The summed E-state index contributed by atoms with van der Waals surface area (Å²) in [4.78, 5) is 22.6. The van der Waals surface area contributed by atoms with Gasteiger partial charge in [0.05, 0.1) is 4.92 Å². The Morgan fingerprint density at radius 3 is 2.87 bits per heavy atom. The summed E-state index contributed by atoms with van der Waals surface area (Å²) in [7, 11) is 0. The van der Waals surface area contributed by atoms with Gasteiger partial charge in [0.25, 0.3) is 0 Å². The molecule has 0 radical (unpaired) electrons. The van der Waals surface area contributed by atoms with Crippen LogP contribution < -0.4 is 5.32 Å². The maximum atomic E-state index is 11.4. The Labute approximate surface area is 86.5 Å². The molecule has 1 amide bonds. The lowest BCUT2D eigenvalue weighted by molar-refractivity contribution is -0.432. The molecular formula is C8H13N3O4. The van der Waals surface area contributed by atoms with Crippen molar-refractivity contribution in [2.75, 3.05) is 19.7 Å². The van der Waals surface area contributed by atoms with Gasteiger partial charge in [0.1, 0.15) is 6.61 Å². The molecular weight excluding hydrogens is 202 g/mol. The van der Waals surface area contributed by atoms with Crippen molar-refractivity contribution in [2.24, 2.45) is 0 Å². The van der Waals surface area contributed by atoms with E-state index in [1.165, 1.54) is 4.90 Å². The van der Waals surface area contributed by atoms with E-state index in [4.69, 9.17) is 5.11 Å². The second-order valence-corrected chi connectivity index (χ2v) is 3.04. The smallest absolute Gasteiger partial charge is 0.311 e. The maximum Gasteiger partial charge on any atom is 0.311 e. The lowest BCUT2D eigenvalue weighted by Crippen LogP contribution is -2.30. The molecule has 0 unspecified atom stereocenters. The summed E-state index contributed by atoms with van der Waals surface area (Å²) in [5.74, 6) is -0.0721. The molecule has 1 fully saturated rings. The highest BCUT2D eigenvalue weighted by Crippen LogP contribution is 2.14. The zero-order chi connectivity index (χ0) is 11.4. The number of hydrogen-bond donors (Lipinski definition) is 2. The standard InChI is InChI=1S/C8H13N3O4/c1-2-7(13)10-4-3-9-8(10)6(5-12)11(14)15/h9,12H,2-5H2,1H3/b8-6+. The molecule has 0 spiro atoms. The SMILES string of the molecule is CCC(=O)N1CCN/C1=C(/CO)[N+](=O)[O-]. The van der Waals surface area contributed by atoms with Crippen molar-refractivity contribution in [3.05, 3.63) is 21.6 Å². The highest BCUT2D eigenvalue weighted by molar-refractivity contribution is 5.78. The van der Waals surface area contributed by atoms with E-state index in [2.05, 4.69) is 5.32 Å².